The fraction of sp³-hybridized carbons (Fsp3) is 0.333. The normalized spacial score (nSPS) is 12.4. The number of hydrogen-bond acceptors (Lipinski definition) is 4. The summed E-state index contributed by atoms with van der Waals surface area (Å²) in [6, 6.07) is 4.72. The van der Waals surface area contributed by atoms with Gasteiger partial charge in [-0.15, -0.1) is 0 Å². The molecule has 0 bridgehead atoms. The molecule has 0 aliphatic rings. The van der Waals surface area contributed by atoms with E-state index in [1.807, 2.05) is 0 Å². The van der Waals surface area contributed by atoms with Gasteiger partial charge in [0, 0.05) is 28.7 Å². The molecule has 2 aromatic rings. The maximum atomic E-state index is 12.1. The summed E-state index contributed by atoms with van der Waals surface area (Å²) < 4.78 is 11.0. The number of halogens is 2. The van der Waals surface area contributed by atoms with Gasteiger partial charge in [-0.3, -0.25) is 9.59 Å². The van der Waals surface area contributed by atoms with Crippen molar-refractivity contribution < 1.29 is 13.9 Å². The molecule has 0 radical (unpaired) electrons. The summed E-state index contributed by atoms with van der Waals surface area (Å²) in [5.74, 6) is 0.545. The summed E-state index contributed by atoms with van der Waals surface area (Å²) in [4.78, 5) is 23.4. The lowest BCUT2D eigenvalue weighted by molar-refractivity contribution is -0.131. The van der Waals surface area contributed by atoms with Gasteiger partial charge in [0.05, 0.1) is 5.39 Å². The highest BCUT2D eigenvalue weighted by Crippen LogP contribution is 2.30. The van der Waals surface area contributed by atoms with Crippen LogP contribution in [0.15, 0.2) is 27.4 Å². The number of rotatable bonds is 4. The second-order valence-electron chi connectivity index (χ2n) is 4.69. The van der Waals surface area contributed by atoms with Gasteiger partial charge in [0.25, 0.3) is 0 Å². The van der Waals surface area contributed by atoms with Crippen LogP contribution in [0, 0.1) is 6.92 Å². The van der Waals surface area contributed by atoms with Crippen LogP contribution < -0.4 is 10.2 Å². The molecule has 1 aromatic heterocycles. The van der Waals surface area contributed by atoms with E-state index in [2.05, 4.69) is 31.9 Å². The first-order chi connectivity index (χ1) is 9.92. The molecule has 0 amide bonds. The van der Waals surface area contributed by atoms with Crippen LogP contribution >= 0.6 is 31.9 Å². The number of hydrogen-bond donors (Lipinski definition) is 0. The Kier molecular flexibility index (Phi) is 5.22. The first-order valence-corrected chi connectivity index (χ1v) is 8.41. The summed E-state index contributed by atoms with van der Waals surface area (Å²) in [7, 11) is 0. The van der Waals surface area contributed by atoms with E-state index in [0.29, 0.717) is 34.5 Å². The van der Waals surface area contributed by atoms with Crippen LogP contribution in [0.4, 0.5) is 0 Å². The minimum atomic E-state index is -0.407. The average Bonchev–Trinajstić information content (AvgIpc) is 2.40. The molecule has 0 saturated carbocycles. The molecular weight excluding hydrogens is 404 g/mol. The van der Waals surface area contributed by atoms with Crippen molar-refractivity contribution in [2.45, 2.75) is 25.1 Å². The molecule has 0 fully saturated rings. The number of carbonyl (C=O) groups excluding carboxylic acids is 1. The minimum Gasteiger partial charge on any atom is -0.461 e. The van der Waals surface area contributed by atoms with Crippen molar-refractivity contribution in [1.82, 2.24) is 0 Å². The molecule has 1 heterocycles. The van der Waals surface area contributed by atoms with Crippen molar-refractivity contribution in [3.8, 4) is 5.75 Å². The van der Waals surface area contributed by atoms with Crippen LogP contribution in [0.1, 0.15) is 18.2 Å². The molecule has 112 valence electrons. The number of benzene rings is 1. The molecule has 0 saturated heterocycles. The van der Waals surface area contributed by atoms with E-state index in [9.17, 15) is 9.59 Å². The quantitative estimate of drug-likeness (QED) is 0.432. The number of ether oxygens (including phenoxy) is 1. The molecule has 4 nitrogen and oxygen atoms in total. The highest BCUT2D eigenvalue weighted by Gasteiger charge is 2.18. The summed E-state index contributed by atoms with van der Waals surface area (Å²) in [5.41, 5.74) is 1.09. The lowest BCUT2D eigenvalue weighted by Gasteiger charge is -2.13. The van der Waals surface area contributed by atoms with Crippen LogP contribution in [0.3, 0.4) is 0 Å². The SMILES string of the molecule is CC(=O)Oc1ccc2c(=O)cc(C)oc2c1CC(Br)CBr. The number of esters is 1. The Morgan fingerprint density at radius 3 is 2.76 bits per heavy atom. The summed E-state index contributed by atoms with van der Waals surface area (Å²) >= 11 is 6.92. The third kappa shape index (κ3) is 3.74. The zero-order chi connectivity index (χ0) is 15.6. The highest BCUT2D eigenvalue weighted by atomic mass is 79.9. The third-order valence-electron chi connectivity index (χ3n) is 2.93. The van der Waals surface area contributed by atoms with Crippen LogP contribution in [0.5, 0.6) is 5.75 Å². The first kappa shape index (κ1) is 16.2. The molecule has 0 N–H and O–H groups in total. The standard InChI is InChI=1S/C15H14Br2O4/c1-8-5-13(19)11-3-4-14(21-9(2)18)12(15(11)20-8)6-10(17)7-16/h3-5,10H,6-7H2,1-2H3. The highest BCUT2D eigenvalue weighted by molar-refractivity contribution is 9.12. The molecule has 0 spiro atoms. The van der Waals surface area contributed by atoms with Crippen LogP contribution in [0.25, 0.3) is 11.0 Å². The minimum absolute atomic E-state index is 0.102. The predicted octanol–water partition coefficient (Wildman–Crippen LogP) is 3.73. The van der Waals surface area contributed by atoms with E-state index in [1.165, 1.54) is 13.0 Å². The van der Waals surface area contributed by atoms with E-state index in [4.69, 9.17) is 9.15 Å². The Hall–Kier alpha value is -1.14. The van der Waals surface area contributed by atoms with E-state index >= 15 is 0 Å². The predicted molar refractivity (Wildman–Crippen MR) is 88.7 cm³/mol. The van der Waals surface area contributed by atoms with Gasteiger partial charge in [0.15, 0.2) is 5.43 Å². The molecule has 6 heteroatoms. The fourth-order valence-electron chi connectivity index (χ4n) is 2.09. The van der Waals surface area contributed by atoms with Crippen molar-refractivity contribution in [3.63, 3.8) is 0 Å². The van der Waals surface area contributed by atoms with Gasteiger partial charge in [-0.1, -0.05) is 31.9 Å². The number of alkyl halides is 2. The van der Waals surface area contributed by atoms with Crippen LogP contribution in [-0.2, 0) is 11.2 Å². The Balaban J connectivity index is 2.70. The summed E-state index contributed by atoms with van der Waals surface area (Å²) in [6.45, 7) is 3.07. The summed E-state index contributed by atoms with van der Waals surface area (Å²) in [6.07, 6.45) is 0.567. The summed E-state index contributed by atoms with van der Waals surface area (Å²) in [5, 5.41) is 1.21. The number of aryl methyl sites for hydroxylation is 1. The molecule has 1 unspecified atom stereocenters. The van der Waals surface area contributed by atoms with Gasteiger partial charge >= 0.3 is 5.97 Å². The van der Waals surface area contributed by atoms with Crippen LogP contribution in [0.2, 0.25) is 0 Å². The van der Waals surface area contributed by atoms with Gasteiger partial charge in [-0.05, 0) is 25.5 Å². The Morgan fingerprint density at radius 1 is 1.43 bits per heavy atom. The first-order valence-electron chi connectivity index (χ1n) is 6.37. The lowest BCUT2D eigenvalue weighted by atomic mass is 10.0. The van der Waals surface area contributed by atoms with Crippen molar-refractivity contribution in [3.05, 3.63) is 39.7 Å². The van der Waals surface area contributed by atoms with Gasteiger partial charge in [0.1, 0.15) is 17.1 Å². The average molecular weight is 418 g/mol. The van der Waals surface area contributed by atoms with Gasteiger partial charge < -0.3 is 9.15 Å². The monoisotopic (exact) mass is 416 g/mol. The molecule has 0 aliphatic carbocycles. The molecule has 1 aromatic carbocycles. The van der Waals surface area contributed by atoms with Crippen molar-refractivity contribution in [2.24, 2.45) is 0 Å². The van der Waals surface area contributed by atoms with Gasteiger partial charge in [-0.2, -0.15) is 0 Å². The largest absolute Gasteiger partial charge is 0.461 e. The Bertz CT molecular complexity index is 736. The fourth-order valence-corrected chi connectivity index (χ4v) is 2.65. The van der Waals surface area contributed by atoms with Crippen molar-refractivity contribution >= 4 is 48.8 Å². The third-order valence-corrected chi connectivity index (χ3v) is 5.23. The second-order valence-corrected chi connectivity index (χ2v) is 6.63. The maximum absolute atomic E-state index is 12.1. The van der Waals surface area contributed by atoms with E-state index < -0.39 is 5.97 Å². The van der Waals surface area contributed by atoms with Gasteiger partial charge in [0.2, 0.25) is 0 Å². The molecular formula is C15H14Br2O4. The Labute approximate surface area is 138 Å². The van der Waals surface area contributed by atoms with E-state index in [0.717, 1.165) is 5.33 Å². The molecule has 2 rings (SSSR count). The lowest BCUT2D eigenvalue weighted by Crippen LogP contribution is -2.11. The van der Waals surface area contributed by atoms with Crippen LogP contribution in [-0.4, -0.2) is 16.1 Å². The van der Waals surface area contributed by atoms with Crippen molar-refractivity contribution in [2.75, 3.05) is 5.33 Å². The number of fused-ring (bicyclic) bond motifs is 1. The smallest absolute Gasteiger partial charge is 0.308 e. The zero-order valence-corrected chi connectivity index (χ0v) is 14.8. The van der Waals surface area contributed by atoms with E-state index in [1.54, 1.807) is 19.1 Å². The molecule has 21 heavy (non-hydrogen) atoms. The number of carbonyl (C=O) groups is 1. The molecule has 1 atom stereocenters. The molecule has 0 aliphatic heterocycles. The zero-order valence-electron chi connectivity index (χ0n) is 11.6. The van der Waals surface area contributed by atoms with Crippen molar-refractivity contribution in [1.29, 1.82) is 0 Å². The van der Waals surface area contributed by atoms with E-state index in [-0.39, 0.29) is 10.3 Å². The Morgan fingerprint density at radius 2 is 2.14 bits per heavy atom. The van der Waals surface area contributed by atoms with Gasteiger partial charge in [-0.25, -0.2) is 0 Å². The topological polar surface area (TPSA) is 56.5 Å². The maximum Gasteiger partial charge on any atom is 0.308 e. The second kappa shape index (κ2) is 6.75.